The molecule has 1 saturated heterocycles. The van der Waals surface area contributed by atoms with Crippen molar-refractivity contribution >= 4 is 37.5 Å². The van der Waals surface area contributed by atoms with Gasteiger partial charge in [0.15, 0.2) is 16.3 Å². The topological polar surface area (TPSA) is 90.2 Å². The summed E-state index contributed by atoms with van der Waals surface area (Å²) >= 11 is 1.38. The van der Waals surface area contributed by atoms with Gasteiger partial charge in [0.2, 0.25) is 16.8 Å². The molecular formula is C16H19N3O5S2. The Kier molecular flexibility index (Phi) is 4.28. The van der Waals surface area contributed by atoms with Crippen LogP contribution >= 0.6 is 11.3 Å². The van der Waals surface area contributed by atoms with Crippen LogP contribution in [0.3, 0.4) is 0 Å². The SMILES string of the molecule is CCn1c(=NC(=O)C2CCCN2S(C)(=O)=O)sc2cc3c(cc21)OCO3. The van der Waals surface area contributed by atoms with Gasteiger partial charge in [-0.15, -0.1) is 0 Å². The van der Waals surface area contributed by atoms with E-state index in [-0.39, 0.29) is 6.79 Å². The average molecular weight is 397 g/mol. The number of aryl methyl sites for hydroxylation is 1. The number of aromatic nitrogens is 1. The molecule has 140 valence electrons. The number of hydrogen-bond donors (Lipinski definition) is 0. The number of ether oxygens (including phenoxy) is 2. The molecule has 2 aliphatic rings. The van der Waals surface area contributed by atoms with Crippen LogP contribution in [0.25, 0.3) is 10.2 Å². The Morgan fingerprint density at radius 1 is 1.35 bits per heavy atom. The normalized spacial score (nSPS) is 21.0. The Morgan fingerprint density at radius 3 is 2.77 bits per heavy atom. The molecule has 4 rings (SSSR count). The molecule has 0 saturated carbocycles. The minimum atomic E-state index is -3.42. The number of nitrogens with zero attached hydrogens (tertiary/aromatic N) is 3. The molecule has 1 aromatic heterocycles. The van der Waals surface area contributed by atoms with Crippen molar-refractivity contribution in [2.45, 2.75) is 32.4 Å². The molecule has 0 spiro atoms. The number of hydrogen-bond acceptors (Lipinski definition) is 6. The van der Waals surface area contributed by atoms with Gasteiger partial charge in [0.05, 0.1) is 16.5 Å². The summed E-state index contributed by atoms with van der Waals surface area (Å²) in [5, 5.41) is 0. The Morgan fingerprint density at radius 2 is 2.08 bits per heavy atom. The first-order valence-corrected chi connectivity index (χ1v) is 11.0. The van der Waals surface area contributed by atoms with Crippen LogP contribution < -0.4 is 14.3 Å². The molecular weight excluding hydrogens is 378 g/mol. The molecule has 3 heterocycles. The van der Waals surface area contributed by atoms with Crippen LogP contribution in [-0.2, 0) is 21.4 Å². The van der Waals surface area contributed by atoms with E-state index < -0.39 is 22.0 Å². The third-order valence-electron chi connectivity index (χ3n) is 4.61. The van der Waals surface area contributed by atoms with Crippen LogP contribution in [0.15, 0.2) is 17.1 Å². The van der Waals surface area contributed by atoms with Gasteiger partial charge >= 0.3 is 0 Å². The van der Waals surface area contributed by atoms with Crippen molar-refractivity contribution < 1.29 is 22.7 Å². The summed E-state index contributed by atoms with van der Waals surface area (Å²) in [5.74, 6) is 0.940. The van der Waals surface area contributed by atoms with E-state index in [1.54, 1.807) is 0 Å². The first-order valence-electron chi connectivity index (χ1n) is 8.37. The van der Waals surface area contributed by atoms with Crippen LogP contribution in [0.2, 0.25) is 0 Å². The van der Waals surface area contributed by atoms with Crippen LogP contribution in [0.4, 0.5) is 0 Å². The van der Waals surface area contributed by atoms with E-state index in [1.165, 1.54) is 15.6 Å². The maximum absolute atomic E-state index is 12.7. The number of amides is 1. The van der Waals surface area contributed by atoms with Crippen molar-refractivity contribution in [3.05, 3.63) is 16.9 Å². The molecule has 10 heteroatoms. The number of carbonyl (C=O) groups excluding carboxylic acids is 1. The highest BCUT2D eigenvalue weighted by atomic mass is 32.2. The zero-order valence-corrected chi connectivity index (χ0v) is 16.1. The molecule has 2 aromatic rings. The number of thiazole rings is 1. The molecule has 0 N–H and O–H groups in total. The molecule has 1 fully saturated rings. The minimum absolute atomic E-state index is 0.206. The fourth-order valence-electron chi connectivity index (χ4n) is 3.40. The largest absolute Gasteiger partial charge is 0.454 e. The zero-order chi connectivity index (χ0) is 18.5. The Balaban J connectivity index is 1.77. The smallest absolute Gasteiger partial charge is 0.266 e. The lowest BCUT2D eigenvalue weighted by atomic mass is 10.2. The van der Waals surface area contributed by atoms with Gasteiger partial charge in [0, 0.05) is 25.2 Å². The fraction of sp³-hybridized carbons (Fsp3) is 0.500. The first kappa shape index (κ1) is 17.5. The summed E-state index contributed by atoms with van der Waals surface area (Å²) in [4.78, 5) is 17.5. The molecule has 1 unspecified atom stereocenters. The van der Waals surface area contributed by atoms with Crippen LogP contribution in [0.1, 0.15) is 19.8 Å². The van der Waals surface area contributed by atoms with Crippen molar-refractivity contribution in [3.63, 3.8) is 0 Å². The highest BCUT2D eigenvalue weighted by molar-refractivity contribution is 7.88. The highest BCUT2D eigenvalue weighted by Gasteiger charge is 2.36. The maximum Gasteiger partial charge on any atom is 0.266 e. The quantitative estimate of drug-likeness (QED) is 0.779. The Hall–Kier alpha value is -1.91. The van der Waals surface area contributed by atoms with Crippen LogP contribution in [-0.4, -0.2) is 48.8 Å². The van der Waals surface area contributed by atoms with Crippen LogP contribution in [0, 0.1) is 0 Å². The monoisotopic (exact) mass is 397 g/mol. The molecule has 1 amide bonds. The highest BCUT2D eigenvalue weighted by Crippen LogP contribution is 2.37. The molecule has 1 atom stereocenters. The number of sulfonamides is 1. The van der Waals surface area contributed by atoms with E-state index in [9.17, 15) is 13.2 Å². The fourth-order valence-corrected chi connectivity index (χ4v) is 5.63. The molecule has 26 heavy (non-hydrogen) atoms. The van der Waals surface area contributed by atoms with Gasteiger partial charge < -0.3 is 14.0 Å². The molecule has 2 aliphatic heterocycles. The van der Waals surface area contributed by atoms with E-state index >= 15 is 0 Å². The van der Waals surface area contributed by atoms with Gasteiger partial charge in [0.25, 0.3) is 5.91 Å². The lowest BCUT2D eigenvalue weighted by molar-refractivity contribution is -0.121. The van der Waals surface area contributed by atoms with E-state index in [4.69, 9.17) is 9.47 Å². The zero-order valence-electron chi connectivity index (χ0n) is 14.5. The Bertz CT molecular complexity index is 1050. The summed E-state index contributed by atoms with van der Waals surface area (Å²) in [6.45, 7) is 3.18. The lowest BCUT2D eigenvalue weighted by Gasteiger charge is -2.18. The average Bonchev–Trinajstić information content (AvgIpc) is 3.29. The van der Waals surface area contributed by atoms with Gasteiger partial charge in [0.1, 0.15) is 6.04 Å². The molecule has 8 nitrogen and oxygen atoms in total. The number of carbonyl (C=O) groups is 1. The summed E-state index contributed by atoms with van der Waals surface area (Å²) < 4.78 is 38.7. The molecule has 0 radical (unpaired) electrons. The van der Waals surface area contributed by atoms with E-state index in [0.29, 0.717) is 42.2 Å². The first-order chi connectivity index (χ1) is 12.4. The second-order valence-corrected chi connectivity index (χ2v) is 9.23. The van der Waals surface area contributed by atoms with Gasteiger partial charge in [-0.25, -0.2) is 8.42 Å². The summed E-state index contributed by atoms with van der Waals surface area (Å²) in [5.41, 5.74) is 0.916. The third kappa shape index (κ3) is 2.91. The number of benzene rings is 1. The second kappa shape index (κ2) is 6.36. The molecule has 0 bridgehead atoms. The van der Waals surface area contributed by atoms with E-state index in [0.717, 1.165) is 16.5 Å². The van der Waals surface area contributed by atoms with Crippen molar-refractivity contribution in [1.29, 1.82) is 0 Å². The molecule has 1 aromatic carbocycles. The van der Waals surface area contributed by atoms with Crippen molar-refractivity contribution in [3.8, 4) is 11.5 Å². The lowest BCUT2D eigenvalue weighted by Crippen LogP contribution is -2.39. The second-order valence-electron chi connectivity index (χ2n) is 6.28. The predicted molar refractivity (Wildman–Crippen MR) is 96.8 cm³/mol. The number of fused-ring (bicyclic) bond motifs is 2. The van der Waals surface area contributed by atoms with Gasteiger partial charge in [-0.3, -0.25) is 4.79 Å². The van der Waals surface area contributed by atoms with Gasteiger partial charge in [-0.1, -0.05) is 11.3 Å². The minimum Gasteiger partial charge on any atom is -0.454 e. The predicted octanol–water partition coefficient (Wildman–Crippen LogP) is 1.30. The van der Waals surface area contributed by atoms with Gasteiger partial charge in [-0.05, 0) is 19.8 Å². The van der Waals surface area contributed by atoms with E-state index in [1.807, 2.05) is 23.6 Å². The summed E-state index contributed by atoms with van der Waals surface area (Å²) in [6, 6.07) is 3.06. The van der Waals surface area contributed by atoms with Crippen molar-refractivity contribution in [2.75, 3.05) is 19.6 Å². The van der Waals surface area contributed by atoms with E-state index in [2.05, 4.69) is 4.99 Å². The van der Waals surface area contributed by atoms with Crippen molar-refractivity contribution in [1.82, 2.24) is 8.87 Å². The van der Waals surface area contributed by atoms with Crippen LogP contribution in [0.5, 0.6) is 11.5 Å². The standard InChI is InChI=1S/C16H19N3O5S2/c1-3-18-11-7-12-13(24-9-23-12)8-14(11)25-16(18)17-15(20)10-5-4-6-19(10)26(2,21)22/h7-8,10H,3-6,9H2,1-2H3. The maximum atomic E-state index is 12.7. The summed E-state index contributed by atoms with van der Waals surface area (Å²) in [6.07, 6.45) is 2.30. The third-order valence-corrected chi connectivity index (χ3v) is 6.94. The van der Waals surface area contributed by atoms with Gasteiger partial charge in [-0.2, -0.15) is 9.30 Å². The Labute approximate surface area is 154 Å². The number of rotatable bonds is 3. The van der Waals surface area contributed by atoms with Crippen molar-refractivity contribution in [2.24, 2.45) is 4.99 Å². The summed E-state index contributed by atoms with van der Waals surface area (Å²) in [7, 11) is -3.42. The molecule has 0 aliphatic carbocycles.